The summed E-state index contributed by atoms with van der Waals surface area (Å²) in [6.07, 6.45) is 6.44. The van der Waals surface area contributed by atoms with Crippen LogP contribution in [0.15, 0.2) is 24.3 Å². The van der Waals surface area contributed by atoms with E-state index in [1.54, 1.807) is 0 Å². The number of nitrogens with one attached hydrogen (secondary N) is 2. The van der Waals surface area contributed by atoms with Crippen LogP contribution in [0.5, 0.6) is 0 Å². The maximum absolute atomic E-state index is 12.5. The first-order valence-corrected chi connectivity index (χ1v) is 8.96. The maximum Gasteiger partial charge on any atom is 0.365 e. The van der Waals surface area contributed by atoms with E-state index in [1.807, 2.05) is 12.1 Å². The molecule has 1 aliphatic carbocycles. The molecule has 0 aromatic heterocycles. The molecular formula is C19H27N2O3+. The summed E-state index contributed by atoms with van der Waals surface area (Å²) in [5.41, 5.74) is 2.41. The van der Waals surface area contributed by atoms with E-state index in [-0.39, 0.29) is 17.9 Å². The number of amides is 1. The summed E-state index contributed by atoms with van der Waals surface area (Å²) in [4.78, 5) is 25.6. The number of carbonyl (C=O) groups is 2. The summed E-state index contributed by atoms with van der Waals surface area (Å²) in [5.74, 6) is -0.185. The molecule has 1 unspecified atom stereocenters. The number of rotatable bonds is 4. The first kappa shape index (κ1) is 17.0. The van der Waals surface area contributed by atoms with Gasteiger partial charge in [0, 0.05) is 18.0 Å². The van der Waals surface area contributed by atoms with Gasteiger partial charge in [0.15, 0.2) is 12.6 Å². The smallest absolute Gasteiger partial charge is 0.365 e. The summed E-state index contributed by atoms with van der Waals surface area (Å²) in [5, 5.41) is 3.16. The Balaban J connectivity index is 1.67. The van der Waals surface area contributed by atoms with E-state index in [4.69, 9.17) is 4.74 Å². The molecule has 2 aliphatic rings. The Hall–Kier alpha value is -1.88. The number of quaternary nitrogens is 1. The molecule has 0 spiro atoms. The number of fused-ring (bicyclic) bond motifs is 1. The first-order valence-electron chi connectivity index (χ1n) is 8.96. The van der Waals surface area contributed by atoms with Crippen molar-refractivity contribution in [2.24, 2.45) is 0 Å². The van der Waals surface area contributed by atoms with E-state index in [0.717, 1.165) is 17.7 Å². The highest BCUT2D eigenvalue weighted by molar-refractivity contribution is 5.78. The summed E-state index contributed by atoms with van der Waals surface area (Å²) in [6, 6.07) is 8.15. The van der Waals surface area contributed by atoms with Gasteiger partial charge in [-0.1, -0.05) is 43.5 Å². The van der Waals surface area contributed by atoms with E-state index in [9.17, 15) is 9.59 Å². The van der Waals surface area contributed by atoms with Crippen molar-refractivity contribution in [1.29, 1.82) is 0 Å². The molecule has 5 heteroatoms. The Morgan fingerprint density at radius 3 is 2.58 bits per heavy atom. The van der Waals surface area contributed by atoms with E-state index < -0.39 is 0 Å². The molecule has 1 heterocycles. The van der Waals surface area contributed by atoms with Crippen molar-refractivity contribution >= 4 is 11.9 Å². The topological polar surface area (TPSA) is 59.8 Å². The van der Waals surface area contributed by atoms with Crippen molar-refractivity contribution in [2.45, 2.75) is 57.2 Å². The van der Waals surface area contributed by atoms with Gasteiger partial charge in [-0.3, -0.25) is 4.79 Å². The second-order valence-corrected chi connectivity index (χ2v) is 6.96. The highest BCUT2D eigenvalue weighted by Gasteiger charge is 2.37. The Morgan fingerprint density at radius 1 is 1.17 bits per heavy atom. The fourth-order valence-electron chi connectivity index (χ4n) is 3.97. The minimum atomic E-state index is -0.304. The Bertz CT molecular complexity index is 596. The summed E-state index contributed by atoms with van der Waals surface area (Å²) < 4.78 is 4.98. The predicted octanol–water partition coefficient (Wildman–Crippen LogP) is 0.618. The number of benzene rings is 1. The average molecular weight is 331 g/mol. The normalized spacial score (nSPS) is 24.0. The zero-order chi connectivity index (χ0) is 16.9. The molecular weight excluding hydrogens is 304 g/mol. The van der Waals surface area contributed by atoms with E-state index in [0.29, 0.717) is 25.6 Å². The molecule has 2 atom stereocenters. The minimum Gasteiger partial charge on any atom is -0.465 e. The average Bonchev–Trinajstić information content (AvgIpc) is 2.61. The lowest BCUT2D eigenvalue weighted by atomic mass is 9.93. The van der Waals surface area contributed by atoms with E-state index >= 15 is 0 Å². The third-order valence-corrected chi connectivity index (χ3v) is 5.30. The van der Waals surface area contributed by atoms with Crippen molar-refractivity contribution < 1.29 is 19.2 Å². The molecule has 0 radical (unpaired) electrons. The number of esters is 1. The molecule has 1 fully saturated rings. The van der Waals surface area contributed by atoms with Crippen molar-refractivity contribution in [1.82, 2.24) is 5.32 Å². The van der Waals surface area contributed by atoms with Gasteiger partial charge in [0.2, 0.25) is 0 Å². The highest BCUT2D eigenvalue weighted by Crippen LogP contribution is 2.17. The Kier molecular flexibility index (Phi) is 5.51. The summed E-state index contributed by atoms with van der Waals surface area (Å²) in [6.45, 7) is 1.01. The fourth-order valence-corrected chi connectivity index (χ4v) is 3.97. The van der Waals surface area contributed by atoms with Crippen LogP contribution in [0.1, 0.15) is 43.2 Å². The molecule has 1 aromatic carbocycles. The van der Waals surface area contributed by atoms with Gasteiger partial charge >= 0.3 is 5.97 Å². The standard InChI is InChI=1S/C19H26N2O3/c1-24-19(23)17-11-14-7-5-6-8-15(14)12-21(17)13-18(22)20-16-9-3-2-4-10-16/h5-8,16-17H,2-4,9-13H2,1H3,(H,20,22)/p+1/t17-/m0/s1. The molecule has 0 saturated heterocycles. The number of hydrogen-bond acceptors (Lipinski definition) is 3. The molecule has 1 aliphatic heterocycles. The Morgan fingerprint density at radius 2 is 1.88 bits per heavy atom. The summed E-state index contributed by atoms with van der Waals surface area (Å²) in [7, 11) is 1.42. The Labute approximate surface area is 143 Å². The van der Waals surface area contributed by atoms with Crippen LogP contribution in [0.25, 0.3) is 0 Å². The van der Waals surface area contributed by atoms with Gasteiger partial charge in [0.05, 0.1) is 7.11 Å². The molecule has 2 N–H and O–H groups in total. The largest absolute Gasteiger partial charge is 0.465 e. The number of ether oxygens (including phenoxy) is 1. The van der Waals surface area contributed by atoms with Crippen LogP contribution in [0.4, 0.5) is 0 Å². The zero-order valence-corrected chi connectivity index (χ0v) is 14.3. The van der Waals surface area contributed by atoms with Gasteiger partial charge < -0.3 is 15.0 Å². The summed E-state index contributed by atoms with van der Waals surface area (Å²) >= 11 is 0. The van der Waals surface area contributed by atoms with Crippen molar-refractivity contribution in [2.75, 3.05) is 13.7 Å². The van der Waals surface area contributed by atoms with Crippen LogP contribution in [0.3, 0.4) is 0 Å². The predicted molar refractivity (Wildman–Crippen MR) is 90.5 cm³/mol. The fraction of sp³-hybridized carbons (Fsp3) is 0.579. The molecule has 3 rings (SSSR count). The second kappa shape index (κ2) is 7.79. The monoisotopic (exact) mass is 331 g/mol. The van der Waals surface area contributed by atoms with Gasteiger partial charge in [-0.2, -0.15) is 0 Å². The van der Waals surface area contributed by atoms with Crippen molar-refractivity contribution in [3.05, 3.63) is 35.4 Å². The second-order valence-electron chi connectivity index (χ2n) is 6.96. The van der Waals surface area contributed by atoms with Crippen LogP contribution in [-0.2, 0) is 27.3 Å². The van der Waals surface area contributed by atoms with Crippen molar-refractivity contribution in [3.8, 4) is 0 Å². The molecule has 130 valence electrons. The van der Waals surface area contributed by atoms with Crippen LogP contribution in [-0.4, -0.2) is 37.6 Å². The lowest BCUT2D eigenvalue weighted by molar-refractivity contribution is -0.924. The van der Waals surface area contributed by atoms with Crippen LogP contribution in [0, 0.1) is 0 Å². The molecule has 1 amide bonds. The third kappa shape index (κ3) is 3.96. The number of carbonyl (C=O) groups excluding carboxylic acids is 2. The highest BCUT2D eigenvalue weighted by atomic mass is 16.5. The molecule has 24 heavy (non-hydrogen) atoms. The third-order valence-electron chi connectivity index (χ3n) is 5.30. The van der Waals surface area contributed by atoms with Crippen LogP contribution in [0.2, 0.25) is 0 Å². The van der Waals surface area contributed by atoms with E-state index in [1.165, 1.54) is 37.5 Å². The van der Waals surface area contributed by atoms with Gasteiger partial charge in [0.1, 0.15) is 6.54 Å². The van der Waals surface area contributed by atoms with Crippen LogP contribution < -0.4 is 10.2 Å². The zero-order valence-electron chi connectivity index (χ0n) is 14.3. The number of methoxy groups -OCH3 is 1. The minimum absolute atomic E-state index is 0.0465. The lowest BCUT2D eigenvalue weighted by Crippen LogP contribution is -3.17. The number of hydrogen-bond donors (Lipinski definition) is 2. The molecule has 1 aromatic rings. The molecule has 5 nitrogen and oxygen atoms in total. The maximum atomic E-state index is 12.5. The molecule has 1 saturated carbocycles. The van der Waals surface area contributed by atoms with E-state index in [2.05, 4.69) is 17.4 Å². The van der Waals surface area contributed by atoms with Gasteiger partial charge in [-0.25, -0.2) is 4.79 Å². The molecule has 0 bridgehead atoms. The van der Waals surface area contributed by atoms with Gasteiger partial charge in [0.25, 0.3) is 5.91 Å². The SMILES string of the molecule is COC(=O)[C@@H]1Cc2ccccc2C[NH+]1CC(=O)NC1CCCCC1. The van der Waals surface area contributed by atoms with Crippen LogP contribution >= 0.6 is 0 Å². The van der Waals surface area contributed by atoms with Crippen molar-refractivity contribution in [3.63, 3.8) is 0 Å². The first-order chi connectivity index (χ1) is 11.7. The quantitative estimate of drug-likeness (QED) is 0.795. The van der Waals surface area contributed by atoms with Gasteiger partial charge in [-0.05, 0) is 18.4 Å². The van der Waals surface area contributed by atoms with Gasteiger partial charge in [-0.15, -0.1) is 0 Å². The lowest BCUT2D eigenvalue weighted by Gasteiger charge is -2.32.